The summed E-state index contributed by atoms with van der Waals surface area (Å²) < 4.78 is 30.3. The van der Waals surface area contributed by atoms with Crippen molar-refractivity contribution >= 4 is 45.0 Å². The normalized spacial score (nSPS) is 14.3. The van der Waals surface area contributed by atoms with Gasteiger partial charge < -0.3 is 4.74 Å². The summed E-state index contributed by atoms with van der Waals surface area (Å²) in [5.74, 6) is -0.890. The van der Waals surface area contributed by atoms with Crippen molar-refractivity contribution in [2.75, 3.05) is 29.1 Å². The number of methoxy groups -OCH3 is 1. The third-order valence-corrected chi connectivity index (χ3v) is 7.04. The number of hydrogen-bond donors (Lipinski definition) is 1. The summed E-state index contributed by atoms with van der Waals surface area (Å²) in [6.45, 7) is 7.23. The van der Waals surface area contributed by atoms with Crippen LogP contribution in [0.15, 0.2) is 36.4 Å². The largest absolute Gasteiger partial charge is 0.496 e. The Morgan fingerprint density at radius 3 is 2.22 bits per heavy atom. The third kappa shape index (κ3) is 6.16. The molecule has 2 aromatic carbocycles. The molecule has 0 spiro atoms. The Morgan fingerprint density at radius 2 is 1.73 bits per heavy atom. The van der Waals surface area contributed by atoms with Gasteiger partial charge in [-0.25, -0.2) is 17.5 Å². The zero-order valence-electron chi connectivity index (χ0n) is 21.7. The number of benzene rings is 2. The first-order valence-electron chi connectivity index (χ1n) is 11.6. The molecule has 0 aromatic heterocycles. The van der Waals surface area contributed by atoms with Gasteiger partial charge in [-0.15, -0.1) is 0 Å². The Morgan fingerprint density at radius 1 is 1.11 bits per heavy atom. The maximum absolute atomic E-state index is 13.5. The van der Waals surface area contributed by atoms with E-state index in [1.165, 1.54) is 24.1 Å². The second kappa shape index (κ2) is 10.3. The monoisotopic (exact) mass is 529 g/mol. The van der Waals surface area contributed by atoms with Gasteiger partial charge in [-0.2, -0.15) is 0 Å². The molecular formula is C26H31N3O7S. The van der Waals surface area contributed by atoms with Crippen molar-refractivity contribution in [1.82, 2.24) is 5.32 Å². The first-order valence-corrected chi connectivity index (χ1v) is 13.4. The summed E-state index contributed by atoms with van der Waals surface area (Å²) >= 11 is 0. The van der Waals surface area contributed by atoms with Crippen LogP contribution in [0.25, 0.3) is 0 Å². The first kappa shape index (κ1) is 27.9. The maximum Gasteiger partial charge on any atom is 0.328 e. The van der Waals surface area contributed by atoms with Crippen LogP contribution in [0.5, 0.6) is 5.75 Å². The topological polar surface area (TPSA) is 130 Å². The van der Waals surface area contributed by atoms with Crippen molar-refractivity contribution < 1.29 is 32.3 Å². The van der Waals surface area contributed by atoms with Crippen molar-refractivity contribution in [3.05, 3.63) is 53.1 Å². The molecule has 37 heavy (non-hydrogen) atoms. The smallest absolute Gasteiger partial charge is 0.328 e. The molecule has 11 heteroatoms. The number of hydrogen-bond acceptors (Lipinski definition) is 7. The average Bonchev–Trinajstić information content (AvgIpc) is 2.77. The van der Waals surface area contributed by atoms with Crippen LogP contribution in [0.1, 0.15) is 55.6 Å². The van der Waals surface area contributed by atoms with Gasteiger partial charge >= 0.3 is 6.03 Å². The second-order valence-electron chi connectivity index (χ2n) is 9.89. The minimum atomic E-state index is -3.81. The molecule has 0 atom stereocenters. The van der Waals surface area contributed by atoms with Gasteiger partial charge in [0.1, 0.15) is 5.75 Å². The van der Waals surface area contributed by atoms with E-state index in [1.54, 1.807) is 24.3 Å². The van der Waals surface area contributed by atoms with Gasteiger partial charge in [0.25, 0.3) is 0 Å². The van der Waals surface area contributed by atoms with E-state index in [0.29, 0.717) is 21.3 Å². The Labute approximate surface area is 216 Å². The lowest BCUT2D eigenvalue weighted by Gasteiger charge is -2.30. The van der Waals surface area contributed by atoms with Crippen LogP contribution in [-0.4, -0.2) is 52.0 Å². The molecule has 0 aliphatic carbocycles. The maximum atomic E-state index is 13.5. The van der Waals surface area contributed by atoms with Gasteiger partial charge in [0.05, 0.1) is 24.6 Å². The predicted octanol–water partition coefficient (Wildman–Crippen LogP) is 3.18. The summed E-state index contributed by atoms with van der Waals surface area (Å²) in [6, 6.07) is 8.92. The zero-order chi connectivity index (χ0) is 27.7. The van der Waals surface area contributed by atoms with Gasteiger partial charge in [0, 0.05) is 37.6 Å². The third-order valence-electron chi connectivity index (χ3n) is 5.91. The Balaban J connectivity index is 2.01. The number of amides is 4. The predicted molar refractivity (Wildman–Crippen MR) is 140 cm³/mol. The molecule has 0 saturated carbocycles. The molecule has 3 rings (SSSR count). The fourth-order valence-corrected chi connectivity index (χ4v) is 5.17. The standard InChI is InChI=1S/C26H31N3O7S/c1-16(30)29(37(6,34)35)18-9-7-17(8-10-18)13-22(31)20-14-19(28-12-11-23(32)27-25(28)33)15-21(24(20)36-5)26(2,3)4/h7-10,14-15H,11-13H2,1-6H3,(H,27,32,33). The van der Waals surface area contributed by atoms with Crippen molar-refractivity contribution in [2.45, 2.75) is 46.0 Å². The molecular weight excluding hydrogens is 498 g/mol. The first-order chi connectivity index (χ1) is 17.1. The summed E-state index contributed by atoms with van der Waals surface area (Å²) in [5.41, 5.74) is 1.81. The summed E-state index contributed by atoms with van der Waals surface area (Å²) in [4.78, 5) is 50.9. The summed E-state index contributed by atoms with van der Waals surface area (Å²) in [5, 5.41) is 2.30. The van der Waals surface area contributed by atoms with E-state index in [2.05, 4.69) is 5.32 Å². The van der Waals surface area contributed by atoms with E-state index < -0.39 is 27.4 Å². The number of nitrogens with one attached hydrogen (secondary N) is 1. The quantitative estimate of drug-likeness (QED) is 0.545. The van der Waals surface area contributed by atoms with E-state index >= 15 is 0 Å². The number of carbonyl (C=O) groups excluding carboxylic acids is 4. The van der Waals surface area contributed by atoms with Crippen LogP contribution < -0.4 is 19.3 Å². The van der Waals surface area contributed by atoms with Crippen molar-refractivity contribution in [3.8, 4) is 5.75 Å². The molecule has 0 bridgehead atoms. The van der Waals surface area contributed by atoms with Gasteiger partial charge in [0.2, 0.25) is 21.8 Å². The molecule has 198 valence electrons. The highest BCUT2D eigenvalue weighted by Crippen LogP contribution is 2.39. The Hall–Kier alpha value is -3.73. The van der Waals surface area contributed by atoms with Crippen LogP contribution in [0, 0.1) is 0 Å². The fraction of sp³-hybridized carbons (Fsp3) is 0.385. The lowest BCUT2D eigenvalue weighted by molar-refractivity contribution is -0.120. The number of rotatable bonds is 7. The lowest BCUT2D eigenvalue weighted by atomic mass is 9.83. The van der Waals surface area contributed by atoms with Crippen LogP contribution >= 0.6 is 0 Å². The molecule has 1 fully saturated rings. The van der Waals surface area contributed by atoms with E-state index in [0.717, 1.165) is 18.7 Å². The number of sulfonamides is 1. The van der Waals surface area contributed by atoms with Crippen molar-refractivity contribution in [3.63, 3.8) is 0 Å². The van der Waals surface area contributed by atoms with Gasteiger partial charge in [-0.3, -0.25) is 24.6 Å². The Kier molecular flexibility index (Phi) is 7.78. The number of ether oxygens (including phenoxy) is 1. The minimum absolute atomic E-state index is 0.0344. The number of ketones is 1. The number of imide groups is 1. The van der Waals surface area contributed by atoms with Crippen LogP contribution in [-0.2, 0) is 31.4 Å². The highest BCUT2D eigenvalue weighted by molar-refractivity contribution is 7.92. The average molecular weight is 530 g/mol. The number of carbonyl (C=O) groups is 4. The SMILES string of the molecule is COc1c(C(=O)Cc2ccc(N(C(C)=O)S(C)(=O)=O)cc2)cc(N2CCC(=O)NC2=O)cc1C(C)(C)C. The number of urea groups is 1. The van der Waals surface area contributed by atoms with Gasteiger partial charge in [-0.1, -0.05) is 32.9 Å². The lowest BCUT2D eigenvalue weighted by Crippen LogP contribution is -2.49. The fourth-order valence-electron chi connectivity index (χ4n) is 4.20. The van der Waals surface area contributed by atoms with Crippen LogP contribution in [0.4, 0.5) is 16.2 Å². The second-order valence-corrected chi connectivity index (χ2v) is 11.7. The highest BCUT2D eigenvalue weighted by atomic mass is 32.2. The van der Waals surface area contributed by atoms with Crippen molar-refractivity contribution in [2.24, 2.45) is 0 Å². The molecule has 0 radical (unpaired) electrons. The van der Waals surface area contributed by atoms with Crippen LogP contribution in [0.3, 0.4) is 0 Å². The molecule has 1 heterocycles. The zero-order valence-corrected chi connectivity index (χ0v) is 22.6. The van der Waals surface area contributed by atoms with E-state index in [-0.39, 0.29) is 42.3 Å². The molecule has 0 unspecified atom stereocenters. The van der Waals surface area contributed by atoms with Gasteiger partial charge in [0.15, 0.2) is 5.78 Å². The number of Topliss-reactive ketones (excluding diaryl/α,β-unsaturated/α-hetero) is 1. The molecule has 1 saturated heterocycles. The van der Waals surface area contributed by atoms with E-state index in [1.807, 2.05) is 20.8 Å². The molecule has 2 aromatic rings. The Bertz CT molecular complexity index is 1360. The molecule has 10 nitrogen and oxygen atoms in total. The minimum Gasteiger partial charge on any atom is -0.496 e. The highest BCUT2D eigenvalue weighted by Gasteiger charge is 2.30. The number of nitrogens with zero attached hydrogens (tertiary/aromatic N) is 2. The molecule has 1 aliphatic rings. The summed E-state index contributed by atoms with van der Waals surface area (Å²) in [6.07, 6.45) is 1.05. The molecule has 1 aliphatic heterocycles. The van der Waals surface area contributed by atoms with E-state index in [4.69, 9.17) is 4.74 Å². The number of anilines is 2. The van der Waals surface area contributed by atoms with Crippen LogP contribution in [0.2, 0.25) is 0 Å². The molecule has 1 N–H and O–H groups in total. The summed E-state index contributed by atoms with van der Waals surface area (Å²) in [7, 11) is -2.33. The molecule has 4 amide bonds. The van der Waals surface area contributed by atoms with Crippen molar-refractivity contribution in [1.29, 1.82) is 0 Å². The van der Waals surface area contributed by atoms with E-state index in [9.17, 15) is 27.6 Å². The van der Waals surface area contributed by atoms with Gasteiger partial charge in [-0.05, 0) is 35.2 Å².